The summed E-state index contributed by atoms with van der Waals surface area (Å²) in [6, 6.07) is -0.0345. The average molecular weight is 398 g/mol. The predicted octanol–water partition coefficient (Wildman–Crippen LogP) is 3.45. The van der Waals surface area contributed by atoms with E-state index in [4.69, 9.17) is 9.51 Å². The van der Waals surface area contributed by atoms with Gasteiger partial charge in [-0.25, -0.2) is 9.97 Å². The van der Waals surface area contributed by atoms with Crippen LogP contribution < -0.4 is 0 Å². The van der Waals surface area contributed by atoms with Crippen LogP contribution in [0.4, 0.5) is 0 Å². The lowest BCUT2D eigenvalue weighted by Crippen LogP contribution is -2.43. The molecule has 2 saturated heterocycles. The molecule has 7 heteroatoms. The fourth-order valence-corrected chi connectivity index (χ4v) is 4.43. The Bertz CT molecular complexity index is 885. The molecule has 4 heterocycles. The third-order valence-corrected chi connectivity index (χ3v) is 6.46. The lowest BCUT2D eigenvalue weighted by molar-refractivity contribution is -0.133. The number of carbonyl (C=O) groups is 1. The van der Waals surface area contributed by atoms with Gasteiger partial charge in [0.25, 0.3) is 0 Å². The molecule has 2 aliphatic rings. The van der Waals surface area contributed by atoms with Crippen molar-refractivity contribution in [3.8, 4) is 11.3 Å². The SMILES string of the molecule is Cc1ncc(-c2onc(C)c2C)c(C2CCCN2C(=O)CN2CCC(C)CC2)n1. The van der Waals surface area contributed by atoms with Crippen molar-refractivity contribution in [3.63, 3.8) is 0 Å². The zero-order valence-electron chi connectivity index (χ0n) is 17.9. The van der Waals surface area contributed by atoms with Gasteiger partial charge in [0, 0.05) is 18.3 Å². The van der Waals surface area contributed by atoms with E-state index in [9.17, 15) is 4.79 Å². The summed E-state index contributed by atoms with van der Waals surface area (Å²) >= 11 is 0. The van der Waals surface area contributed by atoms with Crippen LogP contribution in [-0.4, -0.2) is 57.0 Å². The van der Waals surface area contributed by atoms with E-state index >= 15 is 0 Å². The first-order chi connectivity index (χ1) is 13.9. The van der Waals surface area contributed by atoms with E-state index in [0.29, 0.717) is 18.1 Å². The highest BCUT2D eigenvalue weighted by Gasteiger charge is 2.35. The van der Waals surface area contributed by atoms with Gasteiger partial charge in [-0.3, -0.25) is 9.69 Å². The van der Waals surface area contributed by atoms with Gasteiger partial charge >= 0.3 is 0 Å². The van der Waals surface area contributed by atoms with Gasteiger partial charge in [0.2, 0.25) is 5.91 Å². The van der Waals surface area contributed by atoms with Gasteiger partial charge in [-0.1, -0.05) is 12.1 Å². The smallest absolute Gasteiger partial charge is 0.237 e. The standard InChI is InChI=1S/C22H31N5O2/c1-14-7-10-26(11-8-14)13-20(28)27-9-5-6-19(27)21-18(12-23-17(4)24-21)22-15(2)16(3)25-29-22/h12,14,19H,5-11,13H2,1-4H3. The molecule has 1 atom stereocenters. The number of piperidine rings is 1. The number of carbonyl (C=O) groups excluding carboxylic acids is 1. The molecule has 2 aromatic rings. The molecule has 0 aliphatic carbocycles. The van der Waals surface area contributed by atoms with Crippen LogP contribution in [0.2, 0.25) is 0 Å². The number of aryl methyl sites for hydroxylation is 2. The van der Waals surface area contributed by atoms with Crippen LogP contribution in [0.1, 0.15) is 61.4 Å². The number of rotatable bonds is 4. The number of hydrogen-bond acceptors (Lipinski definition) is 6. The maximum absolute atomic E-state index is 13.2. The molecule has 0 radical (unpaired) electrons. The lowest BCUT2D eigenvalue weighted by Gasteiger charge is -2.32. The molecule has 156 valence electrons. The van der Waals surface area contributed by atoms with Crippen molar-refractivity contribution in [1.29, 1.82) is 0 Å². The maximum atomic E-state index is 13.2. The van der Waals surface area contributed by atoms with Crippen molar-refractivity contribution < 1.29 is 9.32 Å². The van der Waals surface area contributed by atoms with E-state index in [1.807, 2.05) is 31.9 Å². The molecule has 2 fully saturated rings. The minimum Gasteiger partial charge on any atom is -0.356 e. The maximum Gasteiger partial charge on any atom is 0.237 e. The largest absolute Gasteiger partial charge is 0.356 e. The number of amides is 1. The topological polar surface area (TPSA) is 75.4 Å². The Labute approximate surface area is 172 Å². The summed E-state index contributed by atoms with van der Waals surface area (Å²) in [6.45, 7) is 11.4. The Morgan fingerprint density at radius 3 is 2.62 bits per heavy atom. The van der Waals surface area contributed by atoms with E-state index < -0.39 is 0 Å². The Morgan fingerprint density at radius 1 is 1.17 bits per heavy atom. The van der Waals surface area contributed by atoms with Crippen LogP contribution in [0.15, 0.2) is 10.7 Å². The van der Waals surface area contributed by atoms with E-state index in [1.54, 1.807) is 0 Å². The van der Waals surface area contributed by atoms with Crippen LogP contribution in [0.3, 0.4) is 0 Å². The van der Waals surface area contributed by atoms with E-state index in [0.717, 1.165) is 60.9 Å². The van der Waals surface area contributed by atoms with E-state index in [1.165, 1.54) is 12.8 Å². The first-order valence-corrected chi connectivity index (χ1v) is 10.7. The molecule has 1 amide bonds. The highest BCUT2D eigenvalue weighted by Crippen LogP contribution is 2.38. The molecule has 29 heavy (non-hydrogen) atoms. The van der Waals surface area contributed by atoms with Crippen molar-refractivity contribution in [2.24, 2.45) is 5.92 Å². The molecule has 0 N–H and O–H groups in total. The first kappa shape index (κ1) is 20.0. The van der Waals surface area contributed by atoms with Crippen molar-refractivity contribution in [2.75, 3.05) is 26.2 Å². The third-order valence-electron chi connectivity index (χ3n) is 6.46. The van der Waals surface area contributed by atoms with Crippen LogP contribution in [0.5, 0.6) is 0 Å². The molecule has 2 aliphatic heterocycles. The van der Waals surface area contributed by atoms with Gasteiger partial charge in [0.15, 0.2) is 5.76 Å². The highest BCUT2D eigenvalue weighted by atomic mass is 16.5. The van der Waals surface area contributed by atoms with Gasteiger partial charge in [0.1, 0.15) is 5.82 Å². The second kappa shape index (κ2) is 8.22. The van der Waals surface area contributed by atoms with Crippen LogP contribution in [-0.2, 0) is 4.79 Å². The number of likely N-dealkylation sites (tertiary alicyclic amines) is 2. The van der Waals surface area contributed by atoms with Gasteiger partial charge in [-0.05, 0) is 65.5 Å². The molecular formula is C22H31N5O2. The summed E-state index contributed by atoms with van der Waals surface area (Å²) in [5, 5.41) is 4.10. The molecule has 0 saturated carbocycles. The Balaban J connectivity index is 1.59. The second-order valence-corrected chi connectivity index (χ2v) is 8.64. The summed E-state index contributed by atoms with van der Waals surface area (Å²) < 4.78 is 5.61. The summed E-state index contributed by atoms with van der Waals surface area (Å²) in [6.07, 6.45) is 6.08. The van der Waals surface area contributed by atoms with Crippen molar-refractivity contribution >= 4 is 5.91 Å². The molecule has 4 rings (SSSR count). The molecule has 0 aromatic carbocycles. The van der Waals surface area contributed by atoms with Gasteiger partial charge in [-0.2, -0.15) is 0 Å². The van der Waals surface area contributed by atoms with Crippen LogP contribution in [0, 0.1) is 26.7 Å². The third kappa shape index (κ3) is 4.06. The van der Waals surface area contributed by atoms with Crippen LogP contribution in [0.25, 0.3) is 11.3 Å². The quantitative estimate of drug-likeness (QED) is 0.787. The first-order valence-electron chi connectivity index (χ1n) is 10.7. The number of hydrogen-bond donors (Lipinski definition) is 0. The van der Waals surface area contributed by atoms with Gasteiger partial charge in [-0.15, -0.1) is 0 Å². The minimum atomic E-state index is -0.0345. The molecule has 0 bridgehead atoms. The second-order valence-electron chi connectivity index (χ2n) is 8.64. The van der Waals surface area contributed by atoms with Gasteiger partial charge in [0.05, 0.1) is 29.5 Å². The minimum absolute atomic E-state index is 0.0345. The average Bonchev–Trinajstić information content (AvgIpc) is 3.31. The highest BCUT2D eigenvalue weighted by molar-refractivity contribution is 5.79. The van der Waals surface area contributed by atoms with Crippen LogP contribution >= 0.6 is 0 Å². The van der Waals surface area contributed by atoms with E-state index in [-0.39, 0.29) is 11.9 Å². The van der Waals surface area contributed by atoms with Crippen molar-refractivity contribution in [1.82, 2.24) is 24.9 Å². The number of nitrogens with zero attached hydrogens (tertiary/aromatic N) is 5. The lowest BCUT2D eigenvalue weighted by atomic mass is 9.99. The van der Waals surface area contributed by atoms with Crippen molar-refractivity contribution in [3.05, 3.63) is 29.0 Å². The number of aromatic nitrogens is 3. The Hall–Kier alpha value is -2.28. The zero-order valence-corrected chi connectivity index (χ0v) is 17.9. The van der Waals surface area contributed by atoms with E-state index in [2.05, 4.69) is 22.0 Å². The monoisotopic (exact) mass is 397 g/mol. The predicted molar refractivity (Wildman–Crippen MR) is 110 cm³/mol. The summed E-state index contributed by atoms with van der Waals surface area (Å²) in [5.74, 6) is 2.39. The fourth-order valence-electron chi connectivity index (χ4n) is 4.43. The van der Waals surface area contributed by atoms with Gasteiger partial charge < -0.3 is 9.42 Å². The normalized spacial score (nSPS) is 21.1. The Morgan fingerprint density at radius 2 is 1.93 bits per heavy atom. The summed E-state index contributed by atoms with van der Waals surface area (Å²) in [4.78, 5) is 26.7. The van der Waals surface area contributed by atoms with Crippen molar-refractivity contribution in [2.45, 2.75) is 59.4 Å². The molecule has 7 nitrogen and oxygen atoms in total. The molecule has 2 aromatic heterocycles. The molecule has 1 unspecified atom stereocenters. The fraction of sp³-hybridized carbons (Fsp3) is 0.636. The molecular weight excluding hydrogens is 366 g/mol. The Kier molecular flexibility index (Phi) is 5.67. The molecule has 0 spiro atoms. The summed E-state index contributed by atoms with van der Waals surface area (Å²) in [7, 11) is 0. The zero-order chi connectivity index (χ0) is 20.5. The summed E-state index contributed by atoms with van der Waals surface area (Å²) in [5.41, 5.74) is 3.60.